The molecular weight excluding hydrogens is 1200 g/mol. The molecule has 89 heavy (non-hydrogen) atoms. The third-order valence-electron chi connectivity index (χ3n) is 15.1. The van der Waals surface area contributed by atoms with Crippen LogP contribution >= 0.6 is 12.3 Å². The Morgan fingerprint density at radius 2 is 1.43 bits per heavy atom. The number of phenols is 1. The van der Waals surface area contributed by atoms with E-state index < -0.39 is 183 Å². The second-order valence-corrected chi connectivity index (χ2v) is 22.2. The number of rotatable bonds is 21. The number of fused-ring (bicyclic) bond motifs is 2. The van der Waals surface area contributed by atoms with Crippen LogP contribution < -0.4 is 41.2 Å². The fraction of sp³-hybridized carbons (Fsp3) is 0.500. The van der Waals surface area contributed by atoms with Crippen molar-refractivity contribution >= 4 is 59.6 Å². The number of benzene rings is 3. The number of aliphatic hydroxyl groups excluding tert-OH is 7. The normalized spacial score (nSPS) is 25.4. The van der Waals surface area contributed by atoms with Gasteiger partial charge in [-0.25, -0.2) is 5.26 Å². The van der Waals surface area contributed by atoms with Crippen molar-refractivity contribution in [1.29, 1.82) is 0 Å². The minimum Gasteiger partial charge on any atom is -0.504 e. The molecule has 4 heterocycles. The Hall–Kier alpha value is -8.09. The van der Waals surface area contributed by atoms with Crippen LogP contribution in [0.25, 0.3) is 22.9 Å². The standard InChI is InChI=1S/C56H72N10O22S/c1-4-5-6-7-18-84-34-15-12-30(13-16-34)54-64-63-53(85-54)29-10-8-28(9-11-29)48(76)59-35-20-32(68)23-58-52(80)44-45(73)26(2)24-66(44)56(82)42(38(71)22-40(57)72)61-51(79)43(47(75)46(74)31-14-17-37(70)39(19-31)86-89-88-87-83)62-50(78)36-21-33(69)25-65(36)55(81)41(27(3)67)60-49(35)77/h8-17,19,26-27,32-33,35-36,38,41-47,67-71,73-75,83H,4-7,18,20-25H2,1-3H3,(H2,57,72)(H,58,80)(H,59,76)(H,60,77)(H,61,79)(H,62,78). The predicted molar refractivity (Wildman–Crippen MR) is 306 cm³/mol. The smallest absolute Gasteiger partial charge is 0.261 e. The molecule has 1 aromatic heterocycles. The first-order chi connectivity index (χ1) is 42.4. The monoisotopic (exact) mass is 1270 g/mol. The third-order valence-corrected chi connectivity index (χ3v) is 15.5. The molecule has 3 saturated heterocycles. The molecule has 3 aliphatic rings. The molecule has 0 spiro atoms. The maximum atomic E-state index is 14.7. The van der Waals surface area contributed by atoms with E-state index in [4.69, 9.17) is 24.3 Å². The lowest BCUT2D eigenvalue weighted by Gasteiger charge is -2.34. The van der Waals surface area contributed by atoms with Gasteiger partial charge < -0.3 is 96.3 Å². The van der Waals surface area contributed by atoms with Gasteiger partial charge in [0.2, 0.25) is 53.1 Å². The van der Waals surface area contributed by atoms with Crippen molar-refractivity contribution in [3.05, 3.63) is 77.9 Å². The summed E-state index contributed by atoms with van der Waals surface area (Å²) >= 11 is -0.0263. The van der Waals surface area contributed by atoms with Crippen LogP contribution in [0, 0.1) is 5.92 Å². The molecule has 8 amide bonds. The van der Waals surface area contributed by atoms with E-state index in [2.05, 4.69) is 53.1 Å². The molecule has 14 unspecified atom stereocenters. The number of primary amides is 1. The van der Waals surface area contributed by atoms with Crippen molar-refractivity contribution in [3.63, 3.8) is 0 Å². The minimum absolute atomic E-state index is 0.0263. The van der Waals surface area contributed by atoms with Crippen LogP contribution in [0.2, 0.25) is 0 Å². The molecule has 0 radical (unpaired) electrons. The summed E-state index contributed by atoms with van der Waals surface area (Å²) in [4.78, 5) is 115. The Labute approximate surface area is 512 Å². The molecule has 0 aliphatic carbocycles. The highest BCUT2D eigenvalue weighted by Crippen LogP contribution is 2.34. The maximum Gasteiger partial charge on any atom is 0.261 e. The summed E-state index contributed by atoms with van der Waals surface area (Å²) in [5.41, 5.74) is 5.96. The second kappa shape index (κ2) is 31.4. The number of unbranched alkanes of at least 4 members (excludes halogenated alkanes) is 3. The van der Waals surface area contributed by atoms with Gasteiger partial charge in [0, 0.05) is 55.1 Å². The van der Waals surface area contributed by atoms with Crippen LogP contribution in [0.5, 0.6) is 17.2 Å². The first-order valence-corrected chi connectivity index (χ1v) is 29.0. The molecule has 4 aromatic rings. The summed E-state index contributed by atoms with van der Waals surface area (Å²) < 4.78 is 20.9. The van der Waals surface area contributed by atoms with E-state index in [9.17, 15) is 79.2 Å². The minimum atomic E-state index is -2.53. The topological polar surface area (TPSA) is 487 Å². The number of β-amino-alcohol motifs (C(OH)–C–C–N with tert-alkyl or cyclic N) is 1. The lowest BCUT2D eigenvalue weighted by atomic mass is 9.96. The van der Waals surface area contributed by atoms with Crippen LogP contribution in [-0.4, -0.2) is 212 Å². The van der Waals surface area contributed by atoms with Gasteiger partial charge in [0.1, 0.15) is 54.2 Å². The Kier molecular flexibility index (Phi) is 24.1. The van der Waals surface area contributed by atoms with Crippen molar-refractivity contribution in [2.75, 3.05) is 26.2 Å². The fourth-order valence-corrected chi connectivity index (χ4v) is 10.6. The molecular formula is C56H72N10O22S. The van der Waals surface area contributed by atoms with Crippen LogP contribution in [0.3, 0.4) is 0 Å². The zero-order valence-electron chi connectivity index (χ0n) is 48.3. The Balaban J connectivity index is 1.19. The first kappa shape index (κ1) is 68.4. The highest BCUT2D eigenvalue weighted by molar-refractivity contribution is 7.90. The van der Waals surface area contributed by atoms with Crippen molar-refractivity contribution in [1.82, 2.24) is 46.6 Å². The van der Waals surface area contributed by atoms with E-state index in [0.29, 0.717) is 28.4 Å². The van der Waals surface area contributed by atoms with Gasteiger partial charge in [0.25, 0.3) is 18.2 Å². The van der Waals surface area contributed by atoms with Gasteiger partial charge >= 0.3 is 0 Å². The van der Waals surface area contributed by atoms with Crippen LogP contribution in [0.15, 0.2) is 71.1 Å². The zero-order valence-corrected chi connectivity index (χ0v) is 49.1. The molecule has 3 fully saturated rings. The number of amides is 8. The van der Waals surface area contributed by atoms with E-state index in [-0.39, 0.29) is 35.2 Å². The van der Waals surface area contributed by atoms with E-state index in [0.717, 1.165) is 55.7 Å². The number of phenolic OH excluding ortho intramolecular Hbond substituents is 1. The summed E-state index contributed by atoms with van der Waals surface area (Å²) in [5, 5.41) is 122. The van der Waals surface area contributed by atoms with E-state index in [1.165, 1.54) is 31.2 Å². The van der Waals surface area contributed by atoms with Gasteiger partial charge in [-0.2, -0.15) is 0 Å². The van der Waals surface area contributed by atoms with E-state index in [1.54, 1.807) is 24.3 Å². The van der Waals surface area contributed by atoms with Crippen LogP contribution in [-0.2, 0) is 42.9 Å². The lowest BCUT2D eigenvalue weighted by Crippen LogP contribution is -2.64. The molecule has 33 heteroatoms. The summed E-state index contributed by atoms with van der Waals surface area (Å²) in [6.07, 6.45) is -12.0. The maximum absolute atomic E-state index is 14.7. The number of carbonyl (C=O) groups is 8. The SMILES string of the molecule is CCCCCCOc1ccc(-c2nnc(-c3ccc(C(=O)NC4CC(O)CNC(=O)C5C(O)C(C)CN5C(=O)C(C(O)CC(N)=O)NC(=O)C(C(O)C(O)c5ccc(O)c(OSOOO)c5)NC(=O)C5CC(O)CN5C(=O)C(C(C)O)NC4=O)cc3)o2)cc1. The Morgan fingerprint density at radius 3 is 2.07 bits per heavy atom. The molecule has 32 nitrogen and oxygen atoms in total. The summed E-state index contributed by atoms with van der Waals surface area (Å²) in [7, 11) is 0. The average molecular weight is 1270 g/mol. The van der Waals surface area contributed by atoms with Gasteiger partial charge in [0.05, 0.1) is 43.5 Å². The highest BCUT2D eigenvalue weighted by atomic mass is 32.2. The molecule has 7 rings (SSSR count). The number of nitrogens with zero attached hydrogens (tertiary/aromatic N) is 4. The summed E-state index contributed by atoms with van der Waals surface area (Å²) in [6.45, 7) is 3.35. The summed E-state index contributed by atoms with van der Waals surface area (Å²) in [5.74, 6) is -11.1. The predicted octanol–water partition coefficient (Wildman–Crippen LogP) is -2.25. The Morgan fingerprint density at radius 1 is 0.787 bits per heavy atom. The number of aromatic hydroxyl groups is 1. The number of hydrogen-bond acceptors (Lipinski definition) is 25. The largest absolute Gasteiger partial charge is 0.504 e. The number of nitrogens with two attached hydrogens (primary N) is 1. The van der Waals surface area contributed by atoms with Gasteiger partial charge in [-0.3, -0.25) is 38.4 Å². The average Bonchev–Trinajstić information content (AvgIpc) is 2.88. The number of hydrogen-bond donors (Lipinski definition) is 15. The zero-order chi connectivity index (χ0) is 64.8. The van der Waals surface area contributed by atoms with Gasteiger partial charge in [-0.05, 0) is 79.6 Å². The number of ether oxygens (including phenoxy) is 1. The quantitative estimate of drug-likeness (QED) is 0.0181. The van der Waals surface area contributed by atoms with Crippen LogP contribution in [0.4, 0.5) is 0 Å². The first-order valence-electron chi connectivity index (χ1n) is 28.4. The molecule has 3 aliphatic heterocycles. The number of aromatic nitrogens is 2. The fourth-order valence-electron chi connectivity index (χ4n) is 10.3. The van der Waals surface area contributed by atoms with Crippen molar-refractivity contribution in [3.8, 4) is 40.2 Å². The van der Waals surface area contributed by atoms with Gasteiger partial charge in [0.15, 0.2) is 11.5 Å². The molecule has 14 atom stereocenters. The van der Waals surface area contributed by atoms with Gasteiger partial charge in [-0.1, -0.05) is 48.5 Å². The Bertz CT molecular complexity index is 3120. The van der Waals surface area contributed by atoms with E-state index >= 15 is 0 Å². The summed E-state index contributed by atoms with van der Waals surface area (Å²) in [6, 6.07) is 3.32. The van der Waals surface area contributed by atoms with Gasteiger partial charge in [-0.15, -0.1) is 10.2 Å². The number of carbonyl (C=O) groups excluding carboxylic acids is 8. The molecule has 16 N–H and O–H groups in total. The van der Waals surface area contributed by atoms with Crippen LogP contribution in [0.1, 0.15) is 87.7 Å². The molecule has 3 aromatic carbocycles. The molecule has 0 bridgehead atoms. The second-order valence-electron chi connectivity index (χ2n) is 21.8. The van der Waals surface area contributed by atoms with Crippen molar-refractivity contribution in [2.45, 2.75) is 145 Å². The molecule has 0 saturated carbocycles. The van der Waals surface area contributed by atoms with Crippen molar-refractivity contribution in [2.24, 2.45) is 11.7 Å². The third kappa shape index (κ3) is 17.4. The highest BCUT2D eigenvalue weighted by Gasteiger charge is 2.50. The van der Waals surface area contributed by atoms with Crippen molar-refractivity contribution < 1.29 is 107 Å². The molecule has 484 valence electrons. The number of nitrogens with one attached hydrogen (secondary N) is 5. The lowest BCUT2D eigenvalue weighted by molar-refractivity contribution is -0.433. The van der Waals surface area contributed by atoms with E-state index in [1.807, 2.05) is 0 Å². The number of aliphatic hydroxyl groups is 7.